The molecule has 1 aliphatic carbocycles. The van der Waals surface area contributed by atoms with Gasteiger partial charge in [0.1, 0.15) is 11.1 Å². The summed E-state index contributed by atoms with van der Waals surface area (Å²) < 4.78 is 15.7. The number of furan rings is 1. The smallest absolute Gasteiger partial charge is 0.409 e. The van der Waals surface area contributed by atoms with Crippen LogP contribution < -0.4 is 5.32 Å². The SMILES string of the molecule is N#Cc1c(NC(=O)C=Cc2ccoc2)sc2c1CCC(COC(=O)N1CCOCC1)C2. The Balaban J connectivity index is 1.36. The van der Waals surface area contributed by atoms with E-state index in [1.165, 1.54) is 23.7 Å². The Morgan fingerprint density at radius 3 is 2.97 bits per heavy atom. The molecule has 2 aromatic heterocycles. The van der Waals surface area contributed by atoms with Gasteiger partial charge in [-0.3, -0.25) is 4.79 Å². The van der Waals surface area contributed by atoms with E-state index in [9.17, 15) is 14.9 Å². The van der Waals surface area contributed by atoms with Crippen molar-refractivity contribution in [2.75, 3.05) is 38.2 Å². The maximum absolute atomic E-state index is 12.3. The molecule has 0 saturated carbocycles. The molecule has 0 aromatic carbocycles. The average Bonchev–Trinajstić information content (AvgIpc) is 3.43. The zero-order valence-electron chi connectivity index (χ0n) is 17.0. The third-order valence-electron chi connectivity index (χ3n) is 5.40. The summed E-state index contributed by atoms with van der Waals surface area (Å²) >= 11 is 1.43. The molecule has 31 heavy (non-hydrogen) atoms. The second kappa shape index (κ2) is 9.81. The minimum Gasteiger partial charge on any atom is -0.472 e. The summed E-state index contributed by atoms with van der Waals surface area (Å²) in [6, 6.07) is 3.99. The Hall–Kier alpha value is -3.09. The number of anilines is 1. The molecule has 0 spiro atoms. The van der Waals surface area contributed by atoms with Crippen molar-refractivity contribution in [2.24, 2.45) is 5.92 Å². The fraction of sp³-hybridized carbons (Fsp3) is 0.409. The standard InChI is InChI=1S/C22H23N3O5S/c23-12-18-17-3-1-16(14-30-22(27)25-6-9-28-10-7-25)11-19(17)31-21(18)24-20(26)4-2-15-5-8-29-13-15/h2,4-5,8,13,16H,1,3,6-7,9-11,14H2,(H,24,26). The Kier molecular flexibility index (Phi) is 6.70. The summed E-state index contributed by atoms with van der Waals surface area (Å²) in [5.74, 6) is -0.0977. The van der Waals surface area contributed by atoms with E-state index in [0.717, 1.165) is 35.3 Å². The van der Waals surface area contributed by atoms with Gasteiger partial charge in [0.05, 0.1) is 37.9 Å². The number of carbonyl (C=O) groups excluding carboxylic acids is 2. The minimum absolute atomic E-state index is 0.201. The van der Waals surface area contributed by atoms with Gasteiger partial charge < -0.3 is 24.1 Å². The molecule has 0 bridgehead atoms. The van der Waals surface area contributed by atoms with Crippen LogP contribution in [0.4, 0.5) is 9.80 Å². The van der Waals surface area contributed by atoms with Crippen LogP contribution in [0.5, 0.6) is 0 Å². The molecule has 1 fully saturated rings. The molecule has 2 aliphatic rings. The van der Waals surface area contributed by atoms with Crippen LogP contribution >= 0.6 is 11.3 Å². The molecule has 1 N–H and O–H groups in total. The molecule has 1 atom stereocenters. The van der Waals surface area contributed by atoms with Crippen LogP contribution in [0.1, 0.15) is 28.0 Å². The number of ether oxygens (including phenoxy) is 2. The van der Waals surface area contributed by atoms with Crippen molar-refractivity contribution in [3.63, 3.8) is 0 Å². The molecule has 2 amide bonds. The molecule has 1 aliphatic heterocycles. The third kappa shape index (κ3) is 5.16. The van der Waals surface area contributed by atoms with Crippen molar-refractivity contribution in [1.82, 2.24) is 4.90 Å². The molecule has 9 heteroatoms. The number of morpholine rings is 1. The second-order valence-corrected chi connectivity index (χ2v) is 8.59. The lowest BCUT2D eigenvalue weighted by molar-refractivity contribution is -0.111. The van der Waals surface area contributed by atoms with Crippen molar-refractivity contribution in [3.8, 4) is 6.07 Å². The van der Waals surface area contributed by atoms with E-state index in [2.05, 4.69) is 11.4 Å². The van der Waals surface area contributed by atoms with Crippen molar-refractivity contribution < 1.29 is 23.5 Å². The first-order valence-corrected chi connectivity index (χ1v) is 11.0. The zero-order valence-corrected chi connectivity index (χ0v) is 17.8. The van der Waals surface area contributed by atoms with Gasteiger partial charge in [-0.25, -0.2) is 4.79 Å². The summed E-state index contributed by atoms with van der Waals surface area (Å²) in [4.78, 5) is 27.2. The van der Waals surface area contributed by atoms with Gasteiger partial charge in [0.15, 0.2) is 0 Å². The number of hydrogen-bond donors (Lipinski definition) is 1. The lowest BCUT2D eigenvalue weighted by Gasteiger charge is -2.27. The highest BCUT2D eigenvalue weighted by atomic mass is 32.1. The predicted molar refractivity (Wildman–Crippen MR) is 115 cm³/mol. The van der Waals surface area contributed by atoms with E-state index in [-0.39, 0.29) is 17.9 Å². The summed E-state index contributed by atoms with van der Waals surface area (Å²) in [6.45, 7) is 2.55. The molecule has 3 heterocycles. The van der Waals surface area contributed by atoms with Gasteiger partial charge in [0.2, 0.25) is 5.91 Å². The molecule has 0 radical (unpaired) electrons. The number of rotatable bonds is 5. The van der Waals surface area contributed by atoms with Gasteiger partial charge in [-0.1, -0.05) is 0 Å². The molecule has 8 nitrogen and oxygen atoms in total. The third-order valence-corrected chi connectivity index (χ3v) is 6.57. The highest BCUT2D eigenvalue weighted by Crippen LogP contribution is 2.39. The van der Waals surface area contributed by atoms with Crippen LogP contribution in [0, 0.1) is 17.2 Å². The van der Waals surface area contributed by atoms with Crippen LogP contribution in [0.15, 0.2) is 29.1 Å². The highest BCUT2D eigenvalue weighted by Gasteiger charge is 2.28. The summed E-state index contributed by atoms with van der Waals surface area (Å²) in [5, 5.41) is 13.0. The van der Waals surface area contributed by atoms with E-state index in [4.69, 9.17) is 13.9 Å². The molecule has 1 unspecified atom stereocenters. The van der Waals surface area contributed by atoms with E-state index in [1.54, 1.807) is 23.3 Å². The Bertz CT molecular complexity index is 999. The summed E-state index contributed by atoms with van der Waals surface area (Å²) in [5.41, 5.74) is 2.32. The van der Waals surface area contributed by atoms with Gasteiger partial charge >= 0.3 is 6.09 Å². The average molecular weight is 442 g/mol. The highest BCUT2D eigenvalue weighted by molar-refractivity contribution is 7.16. The van der Waals surface area contributed by atoms with Gasteiger partial charge in [-0.15, -0.1) is 11.3 Å². The monoisotopic (exact) mass is 441 g/mol. The Morgan fingerprint density at radius 2 is 2.23 bits per heavy atom. The van der Waals surface area contributed by atoms with Gasteiger partial charge in [0.25, 0.3) is 0 Å². The van der Waals surface area contributed by atoms with Crippen LogP contribution in [-0.4, -0.2) is 49.8 Å². The maximum atomic E-state index is 12.3. The van der Waals surface area contributed by atoms with Crippen LogP contribution in [0.2, 0.25) is 0 Å². The van der Waals surface area contributed by atoms with Gasteiger partial charge in [-0.2, -0.15) is 5.26 Å². The Morgan fingerprint density at radius 1 is 1.39 bits per heavy atom. The molecule has 162 valence electrons. The van der Waals surface area contributed by atoms with E-state index in [0.29, 0.717) is 43.5 Å². The number of amides is 2. The first-order chi connectivity index (χ1) is 15.1. The van der Waals surface area contributed by atoms with Crippen molar-refractivity contribution in [3.05, 3.63) is 46.2 Å². The number of thiophene rings is 1. The topological polar surface area (TPSA) is 105 Å². The van der Waals surface area contributed by atoms with E-state index >= 15 is 0 Å². The van der Waals surface area contributed by atoms with Crippen molar-refractivity contribution in [1.29, 1.82) is 5.26 Å². The van der Waals surface area contributed by atoms with Gasteiger partial charge in [-0.05, 0) is 42.9 Å². The van der Waals surface area contributed by atoms with Crippen molar-refractivity contribution in [2.45, 2.75) is 19.3 Å². The van der Waals surface area contributed by atoms with Crippen LogP contribution in [-0.2, 0) is 27.1 Å². The first kappa shape index (κ1) is 21.2. The minimum atomic E-state index is -0.299. The Labute approximate surface area is 184 Å². The summed E-state index contributed by atoms with van der Waals surface area (Å²) in [7, 11) is 0. The molecule has 4 rings (SSSR count). The number of carbonyl (C=O) groups is 2. The van der Waals surface area contributed by atoms with E-state index in [1.807, 2.05) is 0 Å². The lowest BCUT2D eigenvalue weighted by Crippen LogP contribution is -2.41. The number of nitriles is 1. The lowest BCUT2D eigenvalue weighted by atomic mass is 9.88. The fourth-order valence-corrected chi connectivity index (χ4v) is 5.04. The van der Waals surface area contributed by atoms with E-state index < -0.39 is 0 Å². The number of nitrogens with zero attached hydrogens (tertiary/aromatic N) is 2. The number of hydrogen-bond acceptors (Lipinski definition) is 7. The van der Waals surface area contributed by atoms with Gasteiger partial charge in [0, 0.05) is 29.6 Å². The van der Waals surface area contributed by atoms with Crippen LogP contribution in [0.3, 0.4) is 0 Å². The summed E-state index contributed by atoms with van der Waals surface area (Å²) in [6.07, 6.45) is 8.14. The first-order valence-electron chi connectivity index (χ1n) is 10.2. The predicted octanol–water partition coefficient (Wildman–Crippen LogP) is 3.44. The quantitative estimate of drug-likeness (QED) is 0.713. The molecular formula is C22H23N3O5S. The fourth-order valence-electron chi connectivity index (χ4n) is 3.72. The largest absolute Gasteiger partial charge is 0.472 e. The zero-order chi connectivity index (χ0) is 21.6. The molecular weight excluding hydrogens is 418 g/mol. The molecule has 1 saturated heterocycles. The van der Waals surface area contributed by atoms with Crippen LogP contribution in [0.25, 0.3) is 6.08 Å². The normalized spacial score (nSPS) is 18.4. The maximum Gasteiger partial charge on any atom is 0.409 e. The molecule has 2 aromatic rings. The number of fused-ring (bicyclic) bond motifs is 1. The second-order valence-electron chi connectivity index (χ2n) is 7.48. The number of nitrogens with one attached hydrogen (secondary N) is 1. The van der Waals surface area contributed by atoms with Crippen molar-refractivity contribution >= 4 is 34.4 Å².